The second-order valence-corrected chi connectivity index (χ2v) is 6.03. The third kappa shape index (κ3) is 3.97. The van der Waals surface area contributed by atoms with Gasteiger partial charge in [0, 0.05) is 21.6 Å². The monoisotopic (exact) mass is 365 g/mol. The van der Waals surface area contributed by atoms with Gasteiger partial charge in [-0.2, -0.15) is 13.2 Å². The number of anilines is 1. The Labute approximate surface area is 126 Å². The molecule has 1 unspecified atom stereocenters. The van der Waals surface area contributed by atoms with Gasteiger partial charge < -0.3 is 10.4 Å². The maximum atomic E-state index is 12.7. The second kappa shape index (κ2) is 6.15. The second-order valence-electron chi connectivity index (χ2n) is 4.14. The van der Waals surface area contributed by atoms with Crippen LogP contribution in [0.5, 0.6) is 0 Å². The number of rotatable bonds is 4. The Morgan fingerprint density at radius 1 is 1.30 bits per heavy atom. The fourth-order valence-corrected chi connectivity index (χ4v) is 2.86. The van der Waals surface area contributed by atoms with Crippen LogP contribution in [-0.2, 0) is 6.18 Å². The van der Waals surface area contributed by atoms with Crippen molar-refractivity contribution in [2.24, 2.45) is 0 Å². The van der Waals surface area contributed by atoms with Crippen LogP contribution < -0.4 is 5.32 Å². The van der Waals surface area contributed by atoms with Gasteiger partial charge in [-0.3, -0.25) is 0 Å². The van der Waals surface area contributed by atoms with Crippen LogP contribution in [0.1, 0.15) is 16.5 Å². The highest BCUT2D eigenvalue weighted by molar-refractivity contribution is 9.10. The van der Waals surface area contributed by atoms with Crippen molar-refractivity contribution in [3.8, 4) is 0 Å². The summed E-state index contributed by atoms with van der Waals surface area (Å²) in [6, 6.07) is 7.16. The van der Waals surface area contributed by atoms with E-state index in [4.69, 9.17) is 0 Å². The van der Waals surface area contributed by atoms with Gasteiger partial charge in [0.1, 0.15) is 6.10 Å². The largest absolute Gasteiger partial charge is 0.416 e. The van der Waals surface area contributed by atoms with E-state index in [1.807, 2.05) is 11.4 Å². The van der Waals surface area contributed by atoms with Crippen molar-refractivity contribution in [1.82, 2.24) is 0 Å². The number of thiophene rings is 1. The lowest BCUT2D eigenvalue weighted by Crippen LogP contribution is -2.12. The predicted octanol–water partition coefficient (Wildman–Crippen LogP) is 4.67. The Morgan fingerprint density at radius 3 is 2.65 bits per heavy atom. The Balaban J connectivity index is 2.08. The average molecular weight is 366 g/mol. The molecule has 0 bridgehead atoms. The molecule has 0 fully saturated rings. The van der Waals surface area contributed by atoms with Crippen molar-refractivity contribution in [1.29, 1.82) is 0 Å². The summed E-state index contributed by atoms with van der Waals surface area (Å²) in [6.07, 6.45) is -5.14. The van der Waals surface area contributed by atoms with Gasteiger partial charge in [0.05, 0.1) is 5.56 Å². The van der Waals surface area contributed by atoms with Gasteiger partial charge in [-0.1, -0.05) is 22.0 Å². The summed E-state index contributed by atoms with van der Waals surface area (Å²) in [5.74, 6) is 0. The minimum atomic E-state index is -4.40. The number of aliphatic hydroxyl groups is 1. The molecule has 2 nitrogen and oxygen atoms in total. The van der Waals surface area contributed by atoms with Gasteiger partial charge in [-0.25, -0.2) is 0 Å². The zero-order valence-electron chi connectivity index (χ0n) is 10.1. The van der Waals surface area contributed by atoms with Crippen LogP contribution in [0.4, 0.5) is 18.9 Å². The highest BCUT2D eigenvalue weighted by Gasteiger charge is 2.31. The molecule has 2 rings (SSSR count). The molecule has 0 radical (unpaired) electrons. The lowest BCUT2D eigenvalue weighted by atomic mass is 10.2. The Hall–Kier alpha value is -1.05. The smallest absolute Gasteiger partial charge is 0.386 e. The summed E-state index contributed by atoms with van der Waals surface area (Å²) in [4.78, 5) is 0.767. The summed E-state index contributed by atoms with van der Waals surface area (Å²) < 4.78 is 38.4. The van der Waals surface area contributed by atoms with Crippen LogP contribution in [0.3, 0.4) is 0 Å². The van der Waals surface area contributed by atoms with E-state index in [1.165, 1.54) is 17.4 Å². The van der Waals surface area contributed by atoms with E-state index in [2.05, 4.69) is 21.2 Å². The quantitative estimate of drug-likeness (QED) is 0.824. The molecule has 0 amide bonds. The van der Waals surface area contributed by atoms with Crippen molar-refractivity contribution in [3.63, 3.8) is 0 Å². The summed E-state index contributed by atoms with van der Waals surface area (Å²) in [5.41, 5.74) is -0.428. The first-order valence-corrected chi connectivity index (χ1v) is 7.36. The minimum absolute atomic E-state index is 0.147. The van der Waals surface area contributed by atoms with Crippen LogP contribution in [0, 0.1) is 0 Å². The SMILES string of the molecule is OC(CNc1cc(Br)cc(C(F)(F)F)c1)c1cccs1. The first kappa shape index (κ1) is 15.3. The van der Waals surface area contributed by atoms with E-state index in [1.54, 1.807) is 6.07 Å². The molecule has 108 valence electrons. The molecule has 7 heteroatoms. The molecule has 0 saturated heterocycles. The van der Waals surface area contributed by atoms with Crippen LogP contribution in [-0.4, -0.2) is 11.7 Å². The van der Waals surface area contributed by atoms with Crippen LogP contribution in [0.25, 0.3) is 0 Å². The topological polar surface area (TPSA) is 32.3 Å². The first-order valence-electron chi connectivity index (χ1n) is 5.69. The molecule has 20 heavy (non-hydrogen) atoms. The van der Waals surface area contributed by atoms with Gasteiger partial charge >= 0.3 is 6.18 Å². The predicted molar refractivity (Wildman–Crippen MR) is 76.9 cm³/mol. The van der Waals surface area contributed by atoms with E-state index >= 15 is 0 Å². The fourth-order valence-electron chi connectivity index (χ4n) is 1.65. The fraction of sp³-hybridized carbons (Fsp3) is 0.231. The summed E-state index contributed by atoms with van der Waals surface area (Å²) in [6.45, 7) is 0.147. The maximum Gasteiger partial charge on any atom is 0.416 e. The van der Waals surface area contributed by atoms with Crippen molar-refractivity contribution in [3.05, 3.63) is 50.6 Å². The third-order valence-corrected chi connectivity index (χ3v) is 4.03. The van der Waals surface area contributed by atoms with Crippen LogP contribution >= 0.6 is 27.3 Å². The average Bonchev–Trinajstić information content (AvgIpc) is 2.88. The molecule has 1 aromatic heterocycles. The summed E-state index contributed by atoms with van der Waals surface area (Å²) >= 11 is 4.45. The zero-order valence-corrected chi connectivity index (χ0v) is 12.5. The zero-order chi connectivity index (χ0) is 14.8. The van der Waals surface area contributed by atoms with Crippen LogP contribution in [0.15, 0.2) is 40.2 Å². The number of hydrogen-bond acceptors (Lipinski definition) is 3. The number of hydrogen-bond donors (Lipinski definition) is 2. The van der Waals surface area contributed by atoms with Crippen molar-refractivity contribution in [2.45, 2.75) is 12.3 Å². The van der Waals surface area contributed by atoms with Crippen molar-refractivity contribution < 1.29 is 18.3 Å². The van der Waals surface area contributed by atoms with Crippen LogP contribution in [0.2, 0.25) is 0 Å². The molecule has 0 aliphatic heterocycles. The summed E-state index contributed by atoms with van der Waals surface area (Å²) in [7, 11) is 0. The number of aliphatic hydroxyl groups excluding tert-OH is 1. The van der Waals surface area contributed by atoms with Gasteiger partial charge in [0.15, 0.2) is 0 Å². The molecular weight excluding hydrogens is 355 g/mol. The van der Waals surface area contributed by atoms with Gasteiger partial charge in [0.25, 0.3) is 0 Å². The standard InChI is InChI=1S/C13H11BrF3NOS/c14-9-4-8(13(15,16)17)5-10(6-9)18-7-11(19)12-2-1-3-20-12/h1-6,11,18-19H,7H2. The molecule has 1 atom stereocenters. The van der Waals surface area contributed by atoms with E-state index in [-0.39, 0.29) is 6.54 Å². The lowest BCUT2D eigenvalue weighted by molar-refractivity contribution is -0.137. The van der Waals surface area contributed by atoms with Crippen molar-refractivity contribution in [2.75, 3.05) is 11.9 Å². The van der Waals surface area contributed by atoms with Gasteiger partial charge in [-0.15, -0.1) is 11.3 Å². The summed E-state index contributed by atoms with van der Waals surface area (Å²) in [5, 5.41) is 14.5. The van der Waals surface area contributed by atoms with E-state index in [0.717, 1.165) is 17.0 Å². The maximum absolute atomic E-state index is 12.7. The van der Waals surface area contributed by atoms with Gasteiger partial charge in [0.2, 0.25) is 0 Å². The number of halogens is 4. The highest BCUT2D eigenvalue weighted by Crippen LogP contribution is 2.33. The van der Waals surface area contributed by atoms with Crippen molar-refractivity contribution >= 4 is 33.0 Å². The highest BCUT2D eigenvalue weighted by atomic mass is 79.9. The third-order valence-electron chi connectivity index (χ3n) is 2.60. The molecular formula is C13H11BrF3NOS. The molecule has 0 aliphatic carbocycles. The first-order chi connectivity index (χ1) is 9.36. The molecule has 0 aliphatic rings. The van der Waals surface area contributed by atoms with E-state index in [9.17, 15) is 18.3 Å². The number of benzene rings is 1. The van der Waals surface area contributed by atoms with E-state index in [0.29, 0.717) is 10.2 Å². The molecule has 0 spiro atoms. The number of nitrogens with one attached hydrogen (secondary N) is 1. The normalized spacial score (nSPS) is 13.2. The van der Waals surface area contributed by atoms with Gasteiger partial charge in [-0.05, 0) is 29.6 Å². The molecule has 0 saturated carbocycles. The Morgan fingerprint density at radius 2 is 2.05 bits per heavy atom. The number of alkyl halides is 3. The lowest BCUT2D eigenvalue weighted by Gasteiger charge is -2.14. The molecule has 2 aromatic rings. The Kier molecular flexibility index (Phi) is 4.72. The molecule has 1 heterocycles. The molecule has 1 aromatic carbocycles. The molecule has 2 N–H and O–H groups in total. The Bertz CT molecular complexity index is 571. The van der Waals surface area contributed by atoms with E-state index < -0.39 is 17.8 Å². The minimum Gasteiger partial charge on any atom is -0.386 e.